The highest BCUT2D eigenvalue weighted by Gasteiger charge is 2.18. The standard InChI is InChI=1S/C21H16BrFN2O3/c22-13-1-3-18-15(9-13)20(17(11-24-18)12-5-7-28-8-6-12)25-19-4-2-14(23)10-16(19)21(26)27/h1-5,9-11H,6-8H2,(H,24,25)(H,26,27). The molecule has 1 aliphatic rings. The van der Waals surface area contributed by atoms with Crippen LogP contribution in [-0.4, -0.2) is 29.3 Å². The number of halogens is 2. The van der Waals surface area contributed by atoms with Crippen molar-refractivity contribution in [3.8, 4) is 0 Å². The Kier molecular flexibility index (Phi) is 5.11. The number of hydrogen-bond acceptors (Lipinski definition) is 4. The summed E-state index contributed by atoms with van der Waals surface area (Å²) in [5.41, 5.74) is 3.62. The van der Waals surface area contributed by atoms with Gasteiger partial charge in [-0.15, -0.1) is 0 Å². The van der Waals surface area contributed by atoms with Crippen molar-refractivity contribution in [2.75, 3.05) is 18.5 Å². The van der Waals surface area contributed by atoms with Gasteiger partial charge in [0, 0.05) is 21.6 Å². The minimum Gasteiger partial charge on any atom is -0.478 e. The molecule has 0 spiro atoms. The zero-order chi connectivity index (χ0) is 19.7. The van der Waals surface area contributed by atoms with E-state index in [1.165, 1.54) is 12.1 Å². The van der Waals surface area contributed by atoms with Gasteiger partial charge in [0.05, 0.1) is 35.7 Å². The van der Waals surface area contributed by atoms with Crippen LogP contribution in [0.3, 0.4) is 0 Å². The van der Waals surface area contributed by atoms with Crippen LogP contribution in [0.2, 0.25) is 0 Å². The van der Waals surface area contributed by atoms with E-state index in [2.05, 4.69) is 26.2 Å². The van der Waals surface area contributed by atoms with Crippen LogP contribution in [0.15, 0.2) is 53.1 Å². The normalized spacial score (nSPS) is 14.0. The van der Waals surface area contributed by atoms with E-state index in [-0.39, 0.29) is 5.56 Å². The third-order valence-electron chi connectivity index (χ3n) is 4.61. The van der Waals surface area contributed by atoms with Gasteiger partial charge in [-0.25, -0.2) is 9.18 Å². The maximum Gasteiger partial charge on any atom is 0.337 e. The summed E-state index contributed by atoms with van der Waals surface area (Å²) < 4.78 is 19.9. The molecule has 0 saturated carbocycles. The van der Waals surface area contributed by atoms with Gasteiger partial charge in [0.1, 0.15) is 5.82 Å². The summed E-state index contributed by atoms with van der Waals surface area (Å²) >= 11 is 3.49. The summed E-state index contributed by atoms with van der Waals surface area (Å²) in [6, 6.07) is 9.39. The average Bonchev–Trinajstić information content (AvgIpc) is 2.70. The Balaban J connectivity index is 1.92. The van der Waals surface area contributed by atoms with E-state index in [1.807, 2.05) is 24.3 Å². The highest BCUT2D eigenvalue weighted by molar-refractivity contribution is 9.10. The van der Waals surface area contributed by atoms with E-state index in [0.717, 1.165) is 44.7 Å². The number of anilines is 2. The molecule has 0 bridgehead atoms. The Bertz CT molecular complexity index is 1110. The van der Waals surface area contributed by atoms with Crippen molar-refractivity contribution in [2.24, 2.45) is 0 Å². The smallest absolute Gasteiger partial charge is 0.337 e. The summed E-state index contributed by atoms with van der Waals surface area (Å²) in [6.07, 6.45) is 4.50. The monoisotopic (exact) mass is 442 g/mol. The fraction of sp³-hybridized carbons (Fsp3) is 0.143. The summed E-state index contributed by atoms with van der Waals surface area (Å²) in [4.78, 5) is 16.2. The number of pyridine rings is 1. The van der Waals surface area contributed by atoms with Crippen LogP contribution in [0.5, 0.6) is 0 Å². The molecule has 2 heterocycles. The number of benzene rings is 2. The van der Waals surface area contributed by atoms with Crippen molar-refractivity contribution in [2.45, 2.75) is 6.42 Å². The molecule has 1 aliphatic heterocycles. The fourth-order valence-corrected chi connectivity index (χ4v) is 3.61. The molecule has 0 radical (unpaired) electrons. The molecule has 5 nitrogen and oxygen atoms in total. The topological polar surface area (TPSA) is 71.5 Å². The number of carboxylic acids is 1. The Morgan fingerprint density at radius 1 is 1.25 bits per heavy atom. The molecule has 2 N–H and O–H groups in total. The lowest BCUT2D eigenvalue weighted by molar-refractivity contribution is 0.0697. The first-order valence-corrected chi connectivity index (χ1v) is 9.47. The molecule has 28 heavy (non-hydrogen) atoms. The van der Waals surface area contributed by atoms with Gasteiger partial charge in [0.2, 0.25) is 0 Å². The van der Waals surface area contributed by atoms with E-state index in [0.29, 0.717) is 18.9 Å². The minimum atomic E-state index is -1.20. The lowest BCUT2D eigenvalue weighted by atomic mass is 9.98. The number of carbonyl (C=O) groups is 1. The van der Waals surface area contributed by atoms with Crippen molar-refractivity contribution in [1.82, 2.24) is 4.98 Å². The third-order valence-corrected chi connectivity index (χ3v) is 5.10. The number of aromatic nitrogens is 1. The summed E-state index contributed by atoms with van der Waals surface area (Å²) in [5, 5.41) is 13.5. The van der Waals surface area contributed by atoms with Crippen LogP contribution in [-0.2, 0) is 4.74 Å². The first-order chi connectivity index (χ1) is 13.5. The Hall–Kier alpha value is -2.77. The zero-order valence-electron chi connectivity index (χ0n) is 14.7. The van der Waals surface area contributed by atoms with Gasteiger partial charge < -0.3 is 15.2 Å². The first kappa shape index (κ1) is 18.6. The highest BCUT2D eigenvalue weighted by Crippen LogP contribution is 2.37. The summed E-state index contributed by atoms with van der Waals surface area (Å²) in [6.45, 7) is 1.13. The van der Waals surface area contributed by atoms with Gasteiger partial charge in [-0.1, -0.05) is 22.0 Å². The fourth-order valence-electron chi connectivity index (χ4n) is 3.25. The van der Waals surface area contributed by atoms with Crippen LogP contribution in [0.25, 0.3) is 16.5 Å². The predicted octanol–water partition coefficient (Wildman–Crippen LogP) is 5.38. The van der Waals surface area contributed by atoms with E-state index in [4.69, 9.17) is 4.74 Å². The number of ether oxygens (including phenoxy) is 1. The number of nitrogens with one attached hydrogen (secondary N) is 1. The zero-order valence-corrected chi connectivity index (χ0v) is 16.3. The van der Waals surface area contributed by atoms with Crippen LogP contribution in [0, 0.1) is 5.82 Å². The number of nitrogens with zero attached hydrogens (tertiary/aromatic N) is 1. The maximum absolute atomic E-state index is 13.6. The Labute approximate surface area is 169 Å². The van der Waals surface area contributed by atoms with Crippen molar-refractivity contribution < 1.29 is 19.0 Å². The molecule has 0 aliphatic carbocycles. The molecule has 0 unspecified atom stereocenters. The van der Waals surface area contributed by atoms with Gasteiger partial charge in [-0.2, -0.15) is 0 Å². The number of aromatic carboxylic acids is 1. The van der Waals surface area contributed by atoms with Gasteiger partial charge in [-0.05, 0) is 48.4 Å². The van der Waals surface area contributed by atoms with Crippen LogP contribution in [0.1, 0.15) is 22.3 Å². The lowest BCUT2D eigenvalue weighted by Crippen LogP contribution is -2.08. The first-order valence-electron chi connectivity index (χ1n) is 8.68. The largest absolute Gasteiger partial charge is 0.478 e. The van der Waals surface area contributed by atoms with Crippen LogP contribution >= 0.6 is 15.9 Å². The van der Waals surface area contributed by atoms with Crippen molar-refractivity contribution in [3.05, 3.63) is 70.1 Å². The number of hydrogen-bond donors (Lipinski definition) is 2. The van der Waals surface area contributed by atoms with Crippen molar-refractivity contribution in [3.63, 3.8) is 0 Å². The van der Waals surface area contributed by atoms with Gasteiger partial charge in [0.15, 0.2) is 0 Å². The number of carboxylic acid groups (broad SMARTS) is 1. The molecule has 4 rings (SSSR count). The van der Waals surface area contributed by atoms with Crippen LogP contribution in [0.4, 0.5) is 15.8 Å². The molecule has 1 aromatic heterocycles. The molecule has 142 valence electrons. The molecule has 0 fully saturated rings. The maximum atomic E-state index is 13.6. The molecule has 2 aromatic carbocycles. The highest BCUT2D eigenvalue weighted by atomic mass is 79.9. The number of fused-ring (bicyclic) bond motifs is 1. The van der Waals surface area contributed by atoms with Crippen molar-refractivity contribution in [1.29, 1.82) is 0 Å². The molecule has 0 atom stereocenters. The molecule has 0 saturated heterocycles. The van der Waals surface area contributed by atoms with Gasteiger partial charge in [0.25, 0.3) is 0 Å². The molecule has 3 aromatic rings. The van der Waals surface area contributed by atoms with Crippen LogP contribution < -0.4 is 5.32 Å². The minimum absolute atomic E-state index is 0.133. The second-order valence-electron chi connectivity index (χ2n) is 6.38. The average molecular weight is 443 g/mol. The summed E-state index contributed by atoms with van der Waals surface area (Å²) in [7, 11) is 0. The molecule has 0 amide bonds. The van der Waals surface area contributed by atoms with E-state index in [9.17, 15) is 14.3 Å². The van der Waals surface area contributed by atoms with E-state index >= 15 is 0 Å². The second-order valence-corrected chi connectivity index (χ2v) is 7.30. The van der Waals surface area contributed by atoms with E-state index in [1.54, 1.807) is 6.20 Å². The van der Waals surface area contributed by atoms with Crippen molar-refractivity contribution >= 4 is 49.8 Å². The van der Waals surface area contributed by atoms with E-state index < -0.39 is 11.8 Å². The van der Waals surface area contributed by atoms with Gasteiger partial charge >= 0.3 is 5.97 Å². The van der Waals surface area contributed by atoms with Gasteiger partial charge in [-0.3, -0.25) is 4.98 Å². The number of rotatable bonds is 4. The molecular weight excluding hydrogens is 427 g/mol. The third kappa shape index (κ3) is 3.63. The SMILES string of the molecule is O=C(O)c1cc(F)ccc1Nc1c(C2=CCOCC2)cnc2ccc(Br)cc12. The Morgan fingerprint density at radius 3 is 2.86 bits per heavy atom. The molecule has 7 heteroatoms. The summed E-state index contributed by atoms with van der Waals surface area (Å²) in [5.74, 6) is -1.80. The molecular formula is C21H16BrFN2O3. The predicted molar refractivity (Wildman–Crippen MR) is 109 cm³/mol. The lowest BCUT2D eigenvalue weighted by Gasteiger charge is -2.20. The quantitative estimate of drug-likeness (QED) is 0.567. The Morgan fingerprint density at radius 2 is 2.11 bits per heavy atom. The second kappa shape index (κ2) is 7.69.